The number of carboxylic acids is 1. The summed E-state index contributed by atoms with van der Waals surface area (Å²) in [6.07, 6.45) is 1.76. The zero-order valence-electron chi connectivity index (χ0n) is 13.0. The number of rotatable bonds is 7. The van der Waals surface area contributed by atoms with Gasteiger partial charge < -0.3 is 20.5 Å². The predicted molar refractivity (Wildman–Crippen MR) is 87.8 cm³/mol. The molecule has 0 bridgehead atoms. The molecule has 23 heavy (non-hydrogen) atoms. The van der Waals surface area contributed by atoms with Gasteiger partial charge in [-0.15, -0.1) is 0 Å². The molecule has 1 fully saturated rings. The largest absolute Gasteiger partial charge is 0.480 e. The van der Waals surface area contributed by atoms with E-state index in [2.05, 4.69) is 10.6 Å². The fourth-order valence-electron chi connectivity index (χ4n) is 2.46. The Labute approximate surface area is 140 Å². The van der Waals surface area contributed by atoms with Gasteiger partial charge in [-0.05, 0) is 37.5 Å². The fraction of sp³-hybridized carbons (Fsp3) is 0.500. The SMILES string of the molecule is Cc1c(Cl)cccc1NC(=O)C[C@@H](NC[C@H]1CCCO1)C(=O)O. The van der Waals surface area contributed by atoms with Gasteiger partial charge in [-0.3, -0.25) is 9.59 Å². The van der Waals surface area contributed by atoms with Gasteiger partial charge in [0.1, 0.15) is 6.04 Å². The number of carboxylic acid groups (broad SMARTS) is 1. The number of hydrogen-bond donors (Lipinski definition) is 3. The lowest BCUT2D eigenvalue weighted by Crippen LogP contribution is -2.43. The number of nitrogens with one attached hydrogen (secondary N) is 2. The zero-order valence-corrected chi connectivity index (χ0v) is 13.7. The van der Waals surface area contributed by atoms with Crippen molar-refractivity contribution in [2.75, 3.05) is 18.5 Å². The van der Waals surface area contributed by atoms with E-state index in [1.54, 1.807) is 25.1 Å². The third-order valence-corrected chi connectivity index (χ3v) is 4.25. The minimum atomic E-state index is -1.05. The number of carbonyl (C=O) groups excluding carboxylic acids is 1. The van der Waals surface area contributed by atoms with E-state index >= 15 is 0 Å². The number of hydrogen-bond acceptors (Lipinski definition) is 4. The van der Waals surface area contributed by atoms with E-state index in [0.717, 1.165) is 18.4 Å². The normalized spacial score (nSPS) is 18.6. The van der Waals surface area contributed by atoms with E-state index in [9.17, 15) is 14.7 Å². The number of benzene rings is 1. The Morgan fingerprint density at radius 3 is 2.91 bits per heavy atom. The average Bonchev–Trinajstić information content (AvgIpc) is 3.01. The summed E-state index contributed by atoms with van der Waals surface area (Å²) in [5.74, 6) is -1.43. The van der Waals surface area contributed by atoms with E-state index in [1.165, 1.54) is 0 Å². The van der Waals surface area contributed by atoms with Crippen LogP contribution in [0.15, 0.2) is 18.2 Å². The van der Waals surface area contributed by atoms with Crippen molar-refractivity contribution in [3.63, 3.8) is 0 Å². The molecule has 0 aromatic heterocycles. The Morgan fingerprint density at radius 2 is 2.26 bits per heavy atom. The molecule has 2 atom stereocenters. The molecule has 3 N–H and O–H groups in total. The van der Waals surface area contributed by atoms with Gasteiger partial charge in [0, 0.05) is 23.9 Å². The van der Waals surface area contributed by atoms with E-state index < -0.39 is 12.0 Å². The van der Waals surface area contributed by atoms with Crippen molar-refractivity contribution in [1.29, 1.82) is 0 Å². The average molecular weight is 341 g/mol. The highest BCUT2D eigenvalue weighted by Crippen LogP contribution is 2.23. The van der Waals surface area contributed by atoms with Crippen LogP contribution in [0.2, 0.25) is 5.02 Å². The highest BCUT2D eigenvalue weighted by Gasteiger charge is 2.24. The van der Waals surface area contributed by atoms with Crippen LogP contribution >= 0.6 is 11.6 Å². The highest BCUT2D eigenvalue weighted by atomic mass is 35.5. The summed E-state index contributed by atoms with van der Waals surface area (Å²) in [6, 6.07) is 4.25. The second-order valence-corrected chi connectivity index (χ2v) is 6.01. The van der Waals surface area contributed by atoms with Crippen molar-refractivity contribution in [1.82, 2.24) is 5.32 Å². The van der Waals surface area contributed by atoms with Crippen LogP contribution in [0.5, 0.6) is 0 Å². The standard InChI is InChI=1S/C16H21ClN2O4/c1-10-12(17)5-2-6-13(10)19-15(20)8-14(16(21)22)18-9-11-4-3-7-23-11/h2,5-6,11,14,18H,3-4,7-9H2,1H3,(H,19,20)(H,21,22)/t11-,14-/m1/s1. The third kappa shape index (κ3) is 5.20. The molecule has 1 heterocycles. The lowest BCUT2D eigenvalue weighted by molar-refractivity contribution is -0.141. The van der Waals surface area contributed by atoms with Crippen LogP contribution in [0.4, 0.5) is 5.69 Å². The zero-order chi connectivity index (χ0) is 16.8. The first-order chi connectivity index (χ1) is 11.0. The van der Waals surface area contributed by atoms with Gasteiger partial charge in [-0.1, -0.05) is 17.7 Å². The molecule has 1 amide bonds. The minimum absolute atomic E-state index is 0.0232. The van der Waals surface area contributed by atoms with E-state index in [4.69, 9.17) is 16.3 Å². The first kappa shape index (κ1) is 17.7. The van der Waals surface area contributed by atoms with E-state index in [1.807, 2.05) is 0 Å². The van der Waals surface area contributed by atoms with Gasteiger partial charge in [0.2, 0.25) is 5.91 Å². The van der Waals surface area contributed by atoms with E-state index in [0.29, 0.717) is 23.9 Å². The maximum absolute atomic E-state index is 12.1. The molecule has 0 spiro atoms. The Hall–Kier alpha value is -1.63. The first-order valence-electron chi connectivity index (χ1n) is 7.60. The molecule has 126 valence electrons. The van der Waals surface area contributed by atoms with Crippen molar-refractivity contribution in [2.45, 2.75) is 38.3 Å². The van der Waals surface area contributed by atoms with Crippen LogP contribution in [0.1, 0.15) is 24.8 Å². The quantitative estimate of drug-likeness (QED) is 0.708. The Bertz CT molecular complexity index is 573. The summed E-state index contributed by atoms with van der Waals surface area (Å²) in [5.41, 5.74) is 1.34. The molecule has 7 heteroatoms. The van der Waals surface area contributed by atoms with Crippen molar-refractivity contribution in [3.8, 4) is 0 Å². The van der Waals surface area contributed by atoms with Gasteiger partial charge in [-0.2, -0.15) is 0 Å². The summed E-state index contributed by atoms with van der Waals surface area (Å²) in [6.45, 7) is 2.93. The molecule has 1 aromatic rings. The molecule has 1 aromatic carbocycles. The maximum atomic E-state index is 12.1. The second kappa shape index (κ2) is 8.29. The first-order valence-corrected chi connectivity index (χ1v) is 7.98. The molecular weight excluding hydrogens is 320 g/mol. The van der Waals surface area contributed by atoms with Gasteiger partial charge in [0.25, 0.3) is 0 Å². The van der Waals surface area contributed by atoms with Crippen molar-refractivity contribution in [2.24, 2.45) is 0 Å². The molecule has 6 nitrogen and oxygen atoms in total. The number of aliphatic carboxylic acids is 1. The summed E-state index contributed by atoms with van der Waals surface area (Å²) >= 11 is 6.00. The van der Waals surface area contributed by atoms with Crippen LogP contribution in [0, 0.1) is 6.92 Å². The van der Waals surface area contributed by atoms with Crippen molar-refractivity contribution >= 4 is 29.2 Å². The van der Waals surface area contributed by atoms with E-state index in [-0.39, 0.29) is 18.4 Å². The van der Waals surface area contributed by atoms with Crippen LogP contribution in [0.25, 0.3) is 0 Å². The number of halogens is 1. The summed E-state index contributed by atoms with van der Waals surface area (Å²) in [5, 5.41) is 15.4. The molecule has 1 saturated heterocycles. The number of anilines is 1. The smallest absolute Gasteiger partial charge is 0.321 e. The van der Waals surface area contributed by atoms with Gasteiger partial charge in [0.15, 0.2) is 0 Å². The molecule has 0 unspecified atom stereocenters. The second-order valence-electron chi connectivity index (χ2n) is 5.60. The van der Waals surface area contributed by atoms with Gasteiger partial charge >= 0.3 is 5.97 Å². The topological polar surface area (TPSA) is 87.7 Å². The number of carbonyl (C=O) groups is 2. The molecule has 1 aliphatic rings. The minimum Gasteiger partial charge on any atom is -0.480 e. The number of ether oxygens (including phenoxy) is 1. The van der Waals surface area contributed by atoms with Crippen molar-refractivity contribution in [3.05, 3.63) is 28.8 Å². The molecule has 0 radical (unpaired) electrons. The van der Waals surface area contributed by atoms with Crippen molar-refractivity contribution < 1.29 is 19.4 Å². The maximum Gasteiger partial charge on any atom is 0.321 e. The summed E-state index contributed by atoms with van der Waals surface area (Å²) in [7, 11) is 0. The predicted octanol–water partition coefficient (Wildman–Crippen LogP) is 2.20. The van der Waals surface area contributed by atoms with Crippen LogP contribution in [0.3, 0.4) is 0 Å². The monoisotopic (exact) mass is 340 g/mol. The highest BCUT2D eigenvalue weighted by molar-refractivity contribution is 6.31. The van der Waals surface area contributed by atoms with Gasteiger partial charge in [-0.25, -0.2) is 0 Å². The molecule has 0 saturated carbocycles. The van der Waals surface area contributed by atoms with Crippen LogP contribution < -0.4 is 10.6 Å². The van der Waals surface area contributed by atoms with Crippen LogP contribution in [-0.2, 0) is 14.3 Å². The Kier molecular flexibility index (Phi) is 6.38. The summed E-state index contributed by atoms with van der Waals surface area (Å²) < 4.78 is 5.44. The fourth-order valence-corrected chi connectivity index (χ4v) is 2.63. The van der Waals surface area contributed by atoms with Gasteiger partial charge in [0.05, 0.1) is 12.5 Å². The van der Waals surface area contributed by atoms with Crippen LogP contribution in [-0.4, -0.2) is 42.3 Å². The number of amides is 1. The third-order valence-electron chi connectivity index (χ3n) is 3.85. The molecule has 0 aliphatic carbocycles. The molecule has 1 aliphatic heterocycles. The lowest BCUT2D eigenvalue weighted by Gasteiger charge is -2.17. The molecular formula is C16H21ClN2O4. The lowest BCUT2D eigenvalue weighted by atomic mass is 10.1. The Morgan fingerprint density at radius 1 is 1.48 bits per heavy atom. The summed E-state index contributed by atoms with van der Waals surface area (Å²) in [4.78, 5) is 23.4. The molecule has 2 rings (SSSR count). The Balaban J connectivity index is 1.89.